The third-order valence-corrected chi connectivity index (χ3v) is 5.43. The minimum atomic E-state index is -0.248. The van der Waals surface area contributed by atoms with Gasteiger partial charge in [-0.1, -0.05) is 49.0 Å². The highest BCUT2D eigenvalue weighted by molar-refractivity contribution is 7.99. The predicted molar refractivity (Wildman–Crippen MR) is 116 cm³/mol. The molecule has 0 aliphatic rings. The highest BCUT2D eigenvalue weighted by Gasteiger charge is 2.19. The normalized spacial score (nSPS) is 11.8. The number of carbonyl (C=O) groups is 1. The van der Waals surface area contributed by atoms with Crippen LogP contribution in [0.4, 0.5) is 5.69 Å². The Hall–Kier alpha value is -2.80. The lowest BCUT2D eigenvalue weighted by Gasteiger charge is -2.16. The van der Waals surface area contributed by atoms with Crippen LogP contribution in [0, 0.1) is 0 Å². The Kier molecular flexibility index (Phi) is 7.30. The van der Waals surface area contributed by atoms with E-state index in [1.165, 1.54) is 17.3 Å². The molecule has 7 heteroatoms. The molecule has 1 heterocycles. The molecule has 29 heavy (non-hydrogen) atoms. The highest BCUT2D eigenvalue weighted by atomic mass is 32.2. The number of carbonyl (C=O) groups excluding carboxylic acids is 1. The summed E-state index contributed by atoms with van der Waals surface area (Å²) in [7, 11) is 0. The summed E-state index contributed by atoms with van der Waals surface area (Å²) >= 11 is 1.37. The number of aromatic nitrogens is 3. The van der Waals surface area contributed by atoms with Crippen LogP contribution in [0.1, 0.15) is 38.3 Å². The van der Waals surface area contributed by atoms with Gasteiger partial charge in [-0.15, -0.1) is 10.2 Å². The number of ether oxygens (including phenoxy) is 1. The third kappa shape index (κ3) is 5.60. The second kappa shape index (κ2) is 10.1. The molecule has 1 amide bonds. The standard InChI is InChI=1S/C22H26N4O2S/c1-4-17-11-13-19(14-12-17)28-16(3)21-24-25-22(26(21)5-2)29-15-20(27)23-18-9-7-6-8-10-18/h6-14,16H,4-5,15H2,1-3H3,(H,23,27)/t16-/m1/s1. The van der Waals surface area contributed by atoms with Crippen molar-refractivity contribution < 1.29 is 9.53 Å². The van der Waals surface area contributed by atoms with Crippen LogP contribution in [-0.2, 0) is 17.8 Å². The summed E-state index contributed by atoms with van der Waals surface area (Å²) in [6.07, 6.45) is 0.751. The number of aryl methyl sites for hydroxylation is 1. The Morgan fingerprint density at radius 2 is 1.83 bits per heavy atom. The maximum Gasteiger partial charge on any atom is 0.234 e. The van der Waals surface area contributed by atoms with Gasteiger partial charge in [-0.3, -0.25) is 4.79 Å². The molecule has 1 N–H and O–H groups in total. The molecule has 0 radical (unpaired) electrons. The molecule has 0 aliphatic heterocycles. The first-order valence-electron chi connectivity index (χ1n) is 9.77. The first-order valence-corrected chi connectivity index (χ1v) is 10.8. The van der Waals surface area contributed by atoms with Crippen molar-refractivity contribution in [1.82, 2.24) is 14.8 Å². The summed E-state index contributed by atoms with van der Waals surface area (Å²) in [5, 5.41) is 12.2. The number of anilines is 1. The lowest BCUT2D eigenvalue weighted by Crippen LogP contribution is -2.15. The first kappa shape index (κ1) is 20.9. The Balaban J connectivity index is 1.62. The summed E-state index contributed by atoms with van der Waals surface area (Å²) in [6.45, 7) is 6.82. The van der Waals surface area contributed by atoms with E-state index in [4.69, 9.17) is 4.74 Å². The first-order chi connectivity index (χ1) is 14.1. The van der Waals surface area contributed by atoms with Crippen molar-refractivity contribution in [1.29, 1.82) is 0 Å². The molecule has 0 saturated carbocycles. The van der Waals surface area contributed by atoms with Crippen LogP contribution in [0.5, 0.6) is 5.75 Å². The number of nitrogens with zero attached hydrogens (tertiary/aromatic N) is 3. The number of benzene rings is 2. The monoisotopic (exact) mass is 410 g/mol. The van der Waals surface area contributed by atoms with E-state index in [0.717, 1.165) is 23.7 Å². The van der Waals surface area contributed by atoms with Crippen LogP contribution in [0.15, 0.2) is 59.8 Å². The smallest absolute Gasteiger partial charge is 0.234 e. The zero-order valence-corrected chi connectivity index (χ0v) is 17.8. The van der Waals surface area contributed by atoms with E-state index in [2.05, 4.69) is 34.6 Å². The number of amides is 1. The maximum absolute atomic E-state index is 12.2. The molecule has 0 aliphatic carbocycles. The topological polar surface area (TPSA) is 69.0 Å². The van der Waals surface area contributed by atoms with Crippen LogP contribution in [0.25, 0.3) is 0 Å². The number of hydrogen-bond donors (Lipinski definition) is 1. The fourth-order valence-corrected chi connectivity index (χ4v) is 3.72. The minimum absolute atomic E-state index is 0.0753. The molecular formula is C22H26N4O2S. The maximum atomic E-state index is 12.2. The van der Waals surface area contributed by atoms with E-state index in [-0.39, 0.29) is 17.8 Å². The summed E-state index contributed by atoms with van der Waals surface area (Å²) in [5.41, 5.74) is 2.06. The highest BCUT2D eigenvalue weighted by Crippen LogP contribution is 2.25. The molecule has 6 nitrogen and oxygen atoms in total. The van der Waals surface area contributed by atoms with Crippen LogP contribution in [0.3, 0.4) is 0 Å². The molecule has 1 aromatic heterocycles. The average Bonchev–Trinajstić information content (AvgIpc) is 3.16. The van der Waals surface area contributed by atoms with Crippen molar-refractivity contribution >= 4 is 23.4 Å². The van der Waals surface area contributed by atoms with Gasteiger partial charge in [0.1, 0.15) is 5.75 Å². The van der Waals surface area contributed by atoms with Crippen molar-refractivity contribution in [2.24, 2.45) is 0 Å². The van der Waals surface area contributed by atoms with Gasteiger partial charge >= 0.3 is 0 Å². The number of rotatable bonds is 9. The van der Waals surface area contributed by atoms with Crippen molar-refractivity contribution in [2.45, 2.75) is 45.0 Å². The van der Waals surface area contributed by atoms with Crippen molar-refractivity contribution in [3.8, 4) is 5.75 Å². The van der Waals surface area contributed by atoms with Crippen LogP contribution in [0.2, 0.25) is 0 Å². The zero-order chi connectivity index (χ0) is 20.6. The van der Waals surface area contributed by atoms with Crippen molar-refractivity contribution in [3.63, 3.8) is 0 Å². The van der Waals surface area contributed by atoms with Crippen LogP contribution >= 0.6 is 11.8 Å². The van der Waals surface area contributed by atoms with Gasteiger partial charge in [0.2, 0.25) is 5.91 Å². The van der Waals surface area contributed by atoms with Crippen LogP contribution in [-0.4, -0.2) is 26.4 Å². The average molecular weight is 411 g/mol. The van der Waals surface area contributed by atoms with Gasteiger partial charge in [0.25, 0.3) is 0 Å². The van der Waals surface area contributed by atoms with E-state index in [9.17, 15) is 4.79 Å². The van der Waals surface area contributed by atoms with Crippen molar-refractivity contribution in [3.05, 3.63) is 66.0 Å². The SMILES string of the molecule is CCc1ccc(O[C@H](C)c2nnc(SCC(=O)Nc3ccccc3)n2CC)cc1. The molecule has 0 unspecified atom stereocenters. The van der Waals surface area contributed by atoms with Gasteiger partial charge in [-0.25, -0.2) is 0 Å². The van der Waals surface area contributed by atoms with Gasteiger partial charge in [0, 0.05) is 12.2 Å². The van der Waals surface area contributed by atoms with Gasteiger partial charge in [0.05, 0.1) is 5.75 Å². The number of thioether (sulfide) groups is 1. The summed E-state index contributed by atoms with van der Waals surface area (Å²) in [4.78, 5) is 12.2. The fourth-order valence-electron chi connectivity index (χ4n) is 2.91. The second-order valence-corrected chi connectivity index (χ2v) is 7.49. The van der Waals surface area contributed by atoms with E-state index < -0.39 is 0 Å². The van der Waals surface area contributed by atoms with E-state index in [1.54, 1.807) is 0 Å². The van der Waals surface area contributed by atoms with Crippen LogP contribution < -0.4 is 10.1 Å². The predicted octanol–water partition coefficient (Wildman–Crippen LogP) is 4.73. The van der Waals surface area contributed by atoms with Gasteiger partial charge < -0.3 is 14.6 Å². The summed E-state index contributed by atoms with van der Waals surface area (Å²) in [5.74, 6) is 1.74. The quantitative estimate of drug-likeness (QED) is 0.517. The molecular weight excluding hydrogens is 384 g/mol. The van der Waals surface area contributed by atoms with E-state index in [0.29, 0.717) is 11.7 Å². The Morgan fingerprint density at radius 3 is 2.48 bits per heavy atom. The fraction of sp³-hybridized carbons (Fsp3) is 0.318. The third-order valence-electron chi connectivity index (χ3n) is 4.46. The van der Waals surface area contributed by atoms with E-state index >= 15 is 0 Å². The Labute approximate surface area is 175 Å². The molecule has 2 aromatic carbocycles. The zero-order valence-electron chi connectivity index (χ0n) is 17.0. The molecule has 152 valence electrons. The van der Waals surface area contributed by atoms with Gasteiger partial charge in [-0.2, -0.15) is 0 Å². The molecule has 0 fully saturated rings. The molecule has 0 saturated heterocycles. The largest absolute Gasteiger partial charge is 0.483 e. The van der Waals surface area contributed by atoms with E-state index in [1.807, 2.05) is 60.9 Å². The number of para-hydroxylation sites is 1. The molecule has 0 spiro atoms. The second-order valence-electron chi connectivity index (χ2n) is 6.55. The molecule has 3 rings (SSSR count). The Bertz CT molecular complexity index is 926. The minimum Gasteiger partial charge on any atom is -0.483 e. The van der Waals surface area contributed by atoms with Gasteiger partial charge in [-0.05, 0) is 50.1 Å². The molecule has 0 bridgehead atoms. The van der Waals surface area contributed by atoms with Gasteiger partial charge in [0.15, 0.2) is 17.1 Å². The van der Waals surface area contributed by atoms with Crippen molar-refractivity contribution in [2.75, 3.05) is 11.1 Å². The lowest BCUT2D eigenvalue weighted by molar-refractivity contribution is -0.113. The molecule has 1 atom stereocenters. The summed E-state index contributed by atoms with van der Waals surface area (Å²) < 4.78 is 8.04. The molecule has 3 aromatic rings. The number of nitrogens with one attached hydrogen (secondary N) is 1. The number of hydrogen-bond acceptors (Lipinski definition) is 5. The lowest BCUT2D eigenvalue weighted by atomic mass is 10.2. The summed E-state index contributed by atoms with van der Waals surface area (Å²) in [6, 6.07) is 17.5. The Morgan fingerprint density at radius 1 is 1.10 bits per heavy atom.